The topological polar surface area (TPSA) is 109 Å². The minimum Gasteiger partial charge on any atom is -0.480 e. The van der Waals surface area contributed by atoms with Gasteiger partial charge in [0, 0.05) is 18.8 Å². The molecule has 1 saturated carbocycles. The van der Waals surface area contributed by atoms with Gasteiger partial charge in [-0.25, -0.2) is 13.6 Å². The molecule has 0 aromatic carbocycles. The zero-order chi connectivity index (χ0) is 14.6. The van der Waals surface area contributed by atoms with Crippen molar-refractivity contribution >= 4 is 17.8 Å². The number of hydrogen-bond donors (Lipinski definition) is 3. The van der Waals surface area contributed by atoms with E-state index in [9.17, 15) is 23.2 Å². The Labute approximate surface area is 108 Å². The lowest BCUT2D eigenvalue weighted by Gasteiger charge is -2.28. The molecule has 1 atom stereocenters. The fraction of sp³-hybridized carbons (Fsp3) is 0.727. The second-order valence-corrected chi connectivity index (χ2v) is 4.70. The molecule has 1 aliphatic carbocycles. The van der Waals surface area contributed by atoms with Crippen molar-refractivity contribution in [2.24, 2.45) is 11.7 Å². The molecule has 0 saturated heterocycles. The van der Waals surface area contributed by atoms with Gasteiger partial charge in [0.05, 0.1) is 6.42 Å². The normalized spacial score (nSPS) is 20.5. The van der Waals surface area contributed by atoms with Crippen molar-refractivity contribution in [1.29, 1.82) is 0 Å². The highest BCUT2D eigenvalue weighted by Gasteiger charge is 2.38. The molecular weight excluding hydrogens is 262 g/mol. The summed E-state index contributed by atoms with van der Waals surface area (Å²) < 4.78 is 25.8. The van der Waals surface area contributed by atoms with E-state index in [4.69, 9.17) is 10.8 Å². The molecular formula is C11H16F2N2O4. The van der Waals surface area contributed by atoms with Crippen LogP contribution in [0.25, 0.3) is 0 Å². The number of carbonyl (C=O) groups excluding carboxylic acids is 2. The standard InChI is InChI=1S/C11H16F2N2O4/c12-11(13)3-1-6(2-4-11)9(17)15-7(10(18)19)5-8(14)16/h6-7H,1-5H2,(H2,14,16)(H,15,17)(H,18,19)/t7-/m1/s1. The number of carbonyl (C=O) groups is 3. The van der Waals surface area contributed by atoms with E-state index in [2.05, 4.69) is 5.32 Å². The van der Waals surface area contributed by atoms with Crippen molar-refractivity contribution in [2.45, 2.75) is 44.1 Å². The molecule has 0 spiro atoms. The van der Waals surface area contributed by atoms with E-state index >= 15 is 0 Å². The molecule has 2 amide bonds. The van der Waals surface area contributed by atoms with Gasteiger partial charge >= 0.3 is 5.97 Å². The van der Waals surface area contributed by atoms with Gasteiger partial charge in [0.15, 0.2) is 0 Å². The molecule has 0 aliphatic heterocycles. The lowest BCUT2D eigenvalue weighted by atomic mass is 9.86. The van der Waals surface area contributed by atoms with Crippen LogP contribution in [0.4, 0.5) is 8.78 Å². The summed E-state index contributed by atoms with van der Waals surface area (Å²) in [6, 6.07) is -1.41. The predicted molar refractivity (Wildman–Crippen MR) is 60.3 cm³/mol. The van der Waals surface area contributed by atoms with E-state index in [0.717, 1.165) is 0 Å². The minimum absolute atomic E-state index is 0.00173. The van der Waals surface area contributed by atoms with E-state index in [1.165, 1.54) is 0 Å². The first kappa shape index (κ1) is 15.3. The zero-order valence-corrected chi connectivity index (χ0v) is 10.2. The molecule has 19 heavy (non-hydrogen) atoms. The summed E-state index contributed by atoms with van der Waals surface area (Å²) in [6.45, 7) is 0. The van der Waals surface area contributed by atoms with Gasteiger partial charge in [-0.2, -0.15) is 0 Å². The maximum Gasteiger partial charge on any atom is 0.326 e. The second kappa shape index (κ2) is 5.94. The van der Waals surface area contributed by atoms with E-state index in [1.807, 2.05) is 0 Å². The first-order valence-electron chi connectivity index (χ1n) is 5.90. The third-order valence-corrected chi connectivity index (χ3v) is 3.11. The minimum atomic E-state index is -2.75. The molecule has 0 bridgehead atoms. The van der Waals surface area contributed by atoms with Gasteiger partial charge < -0.3 is 16.2 Å². The molecule has 4 N–H and O–H groups in total. The largest absolute Gasteiger partial charge is 0.480 e. The molecule has 0 aromatic heterocycles. The second-order valence-electron chi connectivity index (χ2n) is 4.70. The van der Waals surface area contributed by atoms with Gasteiger partial charge in [0.25, 0.3) is 0 Å². The van der Waals surface area contributed by atoms with Crippen molar-refractivity contribution < 1.29 is 28.3 Å². The third-order valence-electron chi connectivity index (χ3n) is 3.11. The summed E-state index contributed by atoms with van der Waals surface area (Å²) in [5, 5.41) is 11.0. The Morgan fingerprint density at radius 3 is 2.26 bits per heavy atom. The van der Waals surface area contributed by atoms with Crippen molar-refractivity contribution in [3.8, 4) is 0 Å². The number of rotatable bonds is 5. The maximum absolute atomic E-state index is 12.9. The van der Waals surface area contributed by atoms with Crippen LogP contribution >= 0.6 is 0 Å². The van der Waals surface area contributed by atoms with Gasteiger partial charge in [-0.3, -0.25) is 9.59 Å². The molecule has 1 rings (SSSR count). The molecule has 0 radical (unpaired) electrons. The molecule has 1 fully saturated rings. The number of amides is 2. The monoisotopic (exact) mass is 278 g/mol. The predicted octanol–water partition coefficient (Wildman–Crippen LogP) is 0.257. The third kappa shape index (κ3) is 4.80. The van der Waals surface area contributed by atoms with E-state index < -0.39 is 54.9 Å². The van der Waals surface area contributed by atoms with Crippen LogP contribution in [0, 0.1) is 5.92 Å². The summed E-state index contributed by atoms with van der Waals surface area (Å²) in [5.74, 6) is -6.26. The summed E-state index contributed by atoms with van der Waals surface area (Å²) in [5.41, 5.74) is 4.87. The molecule has 0 aromatic rings. The smallest absolute Gasteiger partial charge is 0.326 e. The number of primary amides is 1. The van der Waals surface area contributed by atoms with Gasteiger partial charge in [-0.15, -0.1) is 0 Å². The van der Waals surface area contributed by atoms with Crippen LogP contribution in [0.3, 0.4) is 0 Å². The van der Waals surface area contributed by atoms with Crippen LogP contribution in [0.5, 0.6) is 0 Å². The first-order valence-corrected chi connectivity index (χ1v) is 5.90. The highest BCUT2D eigenvalue weighted by Crippen LogP contribution is 2.36. The summed E-state index contributed by atoms with van der Waals surface area (Å²) in [4.78, 5) is 33.2. The van der Waals surface area contributed by atoms with E-state index in [0.29, 0.717) is 0 Å². The average molecular weight is 278 g/mol. The lowest BCUT2D eigenvalue weighted by molar-refractivity contribution is -0.144. The van der Waals surface area contributed by atoms with Gasteiger partial charge in [-0.1, -0.05) is 0 Å². The highest BCUT2D eigenvalue weighted by molar-refractivity contribution is 5.88. The quantitative estimate of drug-likeness (QED) is 0.669. The molecule has 0 heterocycles. The molecule has 108 valence electrons. The summed E-state index contributed by atoms with van der Waals surface area (Å²) in [7, 11) is 0. The van der Waals surface area contributed by atoms with Crippen LogP contribution in [0.1, 0.15) is 32.1 Å². The van der Waals surface area contributed by atoms with Gasteiger partial charge in [0.2, 0.25) is 17.7 Å². The van der Waals surface area contributed by atoms with Crippen molar-refractivity contribution in [3.63, 3.8) is 0 Å². The number of carboxylic acid groups (broad SMARTS) is 1. The SMILES string of the molecule is NC(=O)C[C@@H](NC(=O)C1CCC(F)(F)CC1)C(=O)O. The van der Waals surface area contributed by atoms with Crippen molar-refractivity contribution in [2.75, 3.05) is 0 Å². The van der Waals surface area contributed by atoms with Crippen molar-refractivity contribution in [1.82, 2.24) is 5.32 Å². The molecule has 1 aliphatic rings. The first-order chi connectivity index (χ1) is 8.71. The van der Waals surface area contributed by atoms with Crippen LogP contribution in [-0.2, 0) is 14.4 Å². The number of nitrogens with one attached hydrogen (secondary N) is 1. The average Bonchev–Trinajstić information content (AvgIpc) is 2.27. The lowest BCUT2D eigenvalue weighted by Crippen LogP contribution is -2.46. The molecule has 0 unspecified atom stereocenters. The van der Waals surface area contributed by atoms with E-state index in [-0.39, 0.29) is 12.8 Å². The Bertz CT molecular complexity index is 377. The Morgan fingerprint density at radius 1 is 1.32 bits per heavy atom. The number of nitrogens with two attached hydrogens (primary N) is 1. The number of hydrogen-bond acceptors (Lipinski definition) is 3. The number of carboxylic acids is 1. The summed E-state index contributed by atoms with van der Waals surface area (Å²) >= 11 is 0. The Balaban J connectivity index is 2.53. The fourth-order valence-corrected chi connectivity index (χ4v) is 1.99. The Morgan fingerprint density at radius 2 is 1.84 bits per heavy atom. The van der Waals surface area contributed by atoms with Gasteiger partial charge in [0.1, 0.15) is 6.04 Å². The Hall–Kier alpha value is -1.73. The van der Waals surface area contributed by atoms with Crippen LogP contribution in [-0.4, -0.2) is 34.9 Å². The van der Waals surface area contributed by atoms with Crippen LogP contribution in [0.15, 0.2) is 0 Å². The number of aliphatic carboxylic acids is 1. The maximum atomic E-state index is 12.9. The Kier molecular flexibility index (Phi) is 4.79. The number of halogens is 2. The molecule has 6 nitrogen and oxygen atoms in total. The van der Waals surface area contributed by atoms with Crippen LogP contribution in [0.2, 0.25) is 0 Å². The fourth-order valence-electron chi connectivity index (χ4n) is 1.99. The van der Waals surface area contributed by atoms with Gasteiger partial charge in [-0.05, 0) is 12.8 Å². The van der Waals surface area contributed by atoms with E-state index in [1.54, 1.807) is 0 Å². The zero-order valence-electron chi connectivity index (χ0n) is 10.2. The van der Waals surface area contributed by atoms with Crippen molar-refractivity contribution in [3.05, 3.63) is 0 Å². The summed E-state index contributed by atoms with van der Waals surface area (Å²) in [6.07, 6.45) is -1.30. The molecule has 8 heteroatoms. The number of alkyl halides is 2. The highest BCUT2D eigenvalue weighted by atomic mass is 19.3. The van der Waals surface area contributed by atoms with Crippen LogP contribution < -0.4 is 11.1 Å².